The van der Waals surface area contributed by atoms with Crippen LogP contribution in [0.1, 0.15) is 32.6 Å². The highest BCUT2D eigenvalue weighted by atomic mass is 16.5. The number of carbonyl (C=O) groups is 1. The normalized spacial score (nSPS) is 13.4. The summed E-state index contributed by atoms with van der Waals surface area (Å²) in [5.41, 5.74) is 5.96. The second-order valence-electron chi connectivity index (χ2n) is 9.47. The molecule has 0 aliphatic carbocycles. The lowest BCUT2D eigenvalue weighted by atomic mass is 10.0. The zero-order valence-corrected chi connectivity index (χ0v) is 22.2. The number of benzene rings is 4. The van der Waals surface area contributed by atoms with Crippen molar-refractivity contribution in [2.45, 2.75) is 13.0 Å². The van der Waals surface area contributed by atoms with E-state index >= 15 is 0 Å². The topological polar surface area (TPSA) is 48.0 Å². The average Bonchev–Trinajstić information content (AvgIpc) is 3.00. The van der Waals surface area contributed by atoms with Crippen LogP contribution in [-0.2, 0) is 17.8 Å². The van der Waals surface area contributed by atoms with Gasteiger partial charge in [0.2, 0.25) is 0 Å². The minimum absolute atomic E-state index is 0.0352. The summed E-state index contributed by atoms with van der Waals surface area (Å²) >= 11 is 0. The van der Waals surface area contributed by atoms with Crippen molar-refractivity contribution in [3.8, 4) is 11.5 Å². The Labute approximate surface area is 230 Å². The van der Waals surface area contributed by atoms with Crippen molar-refractivity contribution in [2.24, 2.45) is 0 Å². The van der Waals surface area contributed by atoms with E-state index in [9.17, 15) is 4.79 Å². The number of ether oxygens (including phenoxy) is 3. The average molecular weight is 520 g/mol. The van der Waals surface area contributed by atoms with Gasteiger partial charge in [-0.2, -0.15) is 0 Å². The van der Waals surface area contributed by atoms with Crippen molar-refractivity contribution in [3.63, 3.8) is 0 Å². The maximum Gasteiger partial charge on any atom is 0.185 e. The first-order chi connectivity index (χ1) is 19.2. The Morgan fingerprint density at radius 1 is 0.846 bits per heavy atom. The van der Waals surface area contributed by atoms with Crippen LogP contribution in [-0.4, -0.2) is 39.2 Å². The molecule has 4 aromatic rings. The van der Waals surface area contributed by atoms with Gasteiger partial charge in [0, 0.05) is 36.3 Å². The van der Waals surface area contributed by atoms with Gasteiger partial charge in [-0.3, -0.25) is 4.79 Å². The lowest BCUT2D eigenvalue weighted by Gasteiger charge is -2.28. The van der Waals surface area contributed by atoms with E-state index < -0.39 is 0 Å². The molecule has 1 fully saturated rings. The number of morpholine rings is 1. The molecule has 39 heavy (non-hydrogen) atoms. The molecule has 0 radical (unpaired) electrons. The van der Waals surface area contributed by atoms with Gasteiger partial charge in [0.05, 0.1) is 20.3 Å². The number of anilines is 1. The lowest BCUT2D eigenvalue weighted by Crippen LogP contribution is -2.36. The molecule has 5 nitrogen and oxygen atoms in total. The van der Waals surface area contributed by atoms with Crippen LogP contribution in [0.3, 0.4) is 0 Å². The Hall–Kier alpha value is -4.35. The third-order valence-electron chi connectivity index (χ3n) is 6.85. The fourth-order valence-electron chi connectivity index (χ4n) is 4.70. The summed E-state index contributed by atoms with van der Waals surface area (Å²) in [6.07, 6.45) is 4.25. The van der Waals surface area contributed by atoms with Crippen molar-refractivity contribution in [3.05, 3.63) is 131 Å². The second-order valence-corrected chi connectivity index (χ2v) is 9.47. The van der Waals surface area contributed by atoms with E-state index in [0.29, 0.717) is 12.2 Å². The van der Waals surface area contributed by atoms with Crippen molar-refractivity contribution < 1.29 is 19.0 Å². The van der Waals surface area contributed by atoms with Crippen LogP contribution in [0.4, 0.5) is 5.69 Å². The molecular formula is C34H33NO4. The summed E-state index contributed by atoms with van der Waals surface area (Å²) in [4.78, 5) is 15.1. The molecule has 1 aliphatic heterocycles. The standard InChI is InChI=1S/C34H33NO4/c1-37-33-18-12-27(11-17-32(36)28-13-15-31(16-14-28)35-19-21-38-22-20-35)24-30(33)25-39-34-10-6-5-9-29(34)23-26-7-3-2-4-8-26/h2-18,24H,19-23,25H2,1H3/b17-11+. The number of ketones is 1. The smallest absolute Gasteiger partial charge is 0.185 e. The number of allylic oxidation sites excluding steroid dienone is 1. The maximum atomic E-state index is 12.8. The quantitative estimate of drug-likeness (QED) is 0.175. The molecule has 0 unspecified atom stereocenters. The molecule has 0 saturated carbocycles. The predicted molar refractivity (Wildman–Crippen MR) is 156 cm³/mol. The lowest BCUT2D eigenvalue weighted by molar-refractivity contribution is 0.104. The number of methoxy groups -OCH3 is 1. The molecule has 5 rings (SSSR count). The van der Waals surface area contributed by atoms with Crippen LogP contribution in [0.15, 0.2) is 103 Å². The first-order valence-corrected chi connectivity index (χ1v) is 13.3. The minimum Gasteiger partial charge on any atom is -0.496 e. The molecule has 1 aliphatic rings. The van der Waals surface area contributed by atoms with E-state index in [4.69, 9.17) is 14.2 Å². The third kappa shape index (κ3) is 6.95. The number of hydrogen-bond acceptors (Lipinski definition) is 5. The van der Waals surface area contributed by atoms with Gasteiger partial charge in [-0.25, -0.2) is 0 Å². The van der Waals surface area contributed by atoms with E-state index in [1.165, 1.54) is 5.56 Å². The largest absolute Gasteiger partial charge is 0.496 e. The summed E-state index contributed by atoms with van der Waals surface area (Å²) in [6, 6.07) is 32.1. The number of hydrogen-bond donors (Lipinski definition) is 0. The highest BCUT2D eigenvalue weighted by molar-refractivity contribution is 6.07. The van der Waals surface area contributed by atoms with Gasteiger partial charge in [0.1, 0.15) is 18.1 Å². The fourth-order valence-corrected chi connectivity index (χ4v) is 4.70. The molecule has 0 spiro atoms. The third-order valence-corrected chi connectivity index (χ3v) is 6.85. The van der Waals surface area contributed by atoms with Crippen molar-refractivity contribution in [1.29, 1.82) is 0 Å². The molecule has 1 heterocycles. The van der Waals surface area contributed by atoms with Gasteiger partial charge in [-0.15, -0.1) is 0 Å². The number of para-hydroxylation sites is 1. The predicted octanol–water partition coefficient (Wildman–Crippen LogP) is 6.60. The van der Waals surface area contributed by atoms with E-state index in [2.05, 4.69) is 23.1 Å². The molecule has 0 bridgehead atoms. The van der Waals surface area contributed by atoms with E-state index in [0.717, 1.165) is 66.6 Å². The number of nitrogens with zero attached hydrogens (tertiary/aromatic N) is 1. The maximum absolute atomic E-state index is 12.8. The van der Waals surface area contributed by atoms with Crippen LogP contribution in [0.5, 0.6) is 11.5 Å². The van der Waals surface area contributed by atoms with Crippen LogP contribution in [0.2, 0.25) is 0 Å². The Kier molecular flexibility index (Phi) is 8.71. The molecule has 5 heteroatoms. The van der Waals surface area contributed by atoms with Gasteiger partial charge in [-0.1, -0.05) is 60.7 Å². The summed E-state index contributed by atoms with van der Waals surface area (Å²) in [5, 5.41) is 0. The van der Waals surface area contributed by atoms with E-state index in [-0.39, 0.29) is 5.78 Å². The van der Waals surface area contributed by atoms with Crippen LogP contribution < -0.4 is 14.4 Å². The Bertz CT molecular complexity index is 1410. The van der Waals surface area contributed by atoms with E-state index in [1.807, 2.05) is 84.9 Å². The Morgan fingerprint density at radius 3 is 2.36 bits per heavy atom. The molecule has 0 amide bonds. The minimum atomic E-state index is -0.0352. The zero-order chi connectivity index (χ0) is 26.9. The first kappa shape index (κ1) is 26.3. The molecular weight excluding hydrogens is 486 g/mol. The van der Waals surface area contributed by atoms with Gasteiger partial charge in [-0.05, 0) is 65.2 Å². The number of rotatable bonds is 10. The molecule has 198 valence electrons. The highest BCUT2D eigenvalue weighted by Gasteiger charge is 2.12. The molecule has 0 atom stereocenters. The first-order valence-electron chi connectivity index (χ1n) is 13.3. The van der Waals surface area contributed by atoms with Crippen molar-refractivity contribution in [2.75, 3.05) is 38.3 Å². The van der Waals surface area contributed by atoms with E-state index in [1.54, 1.807) is 13.2 Å². The Balaban J connectivity index is 1.25. The van der Waals surface area contributed by atoms with Gasteiger partial charge >= 0.3 is 0 Å². The molecule has 0 aromatic heterocycles. The summed E-state index contributed by atoms with van der Waals surface area (Å²) < 4.78 is 17.3. The number of carbonyl (C=O) groups excluding carboxylic acids is 1. The van der Waals surface area contributed by atoms with Crippen molar-refractivity contribution >= 4 is 17.5 Å². The monoisotopic (exact) mass is 519 g/mol. The van der Waals surface area contributed by atoms with Crippen LogP contribution in [0.25, 0.3) is 6.08 Å². The molecule has 1 saturated heterocycles. The summed E-state index contributed by atoms with van der Waals surface area (Å²) in [5.74, 6) is 1.56. The van der Waals surface area contributed by atoms with Crippen molar-refractivity contribution in [1.82, 2.24) is 0 Å². The van der Waals surface area contributed by atoms with Crippen LogP contribution >= 0.6 is 0 Å². The fraction of sp³-hybridized carbons (Fsp3) is 0.206. The zero-order valence-electron chi connectivity index (χ0n) is 22.2. The van der Waals surface area contributed by atoms with Crippen LogP contribution in [0, 0.1) is 0 Å². The molecule has 4 aromatic carbocycles. The summed E-state index contributed by atoms with van der Waals surface area (Å²) in [7, 11) is 1.65. The van der Waals surface area contributed by atoms with Gasteiger partial charge in [0.25, 0.3) is 0 Å². The Morgan fingerprint density at radius 2 is 1.59 bits per heavy atom. The van der Waals surface area contributed by atoms with Gasteiger partial charge < -0.3 is 19.1 Å². The summed E-state index contributed by atoms with van der Waals surface area (Å²) in [6.45, 7) is 3.56. The highest BCUT2D eigenvalue weighted by Crippen LogP contribution is 2.26. The second kappa shape index (κ2) is 12.9. The SMILES string of the molecule is COc1ccc(/C=C/C(=O)c2ccc(N3CCOCC3)cc2)cc1COc1ccccc1Cc1ccccc1. The van der Waals surface area contributed by atoms with Gasteiger partial charge in [0.15, 0.2) is 5.78 Å². The molecule has 0 N–H and O–H groups in total.